The van der Waals surface area contributed by atoms with Gasteiger partial charge in [0.25, 0.3) is 0 Å². The SMILES string of the molecule is COCCNCCCc1cccc(F)c1F. The maximum absolute atomic E-state index is 13.2. The summed E-state index contributed by atoms with van der Waals surface area (Å²) in [5.74, 6) is -1.50. The van der Waals surface area contributed by atoms with Crippen molar-refractivity contribution in [2.45, 2.75) is 12.8 Å². The van der Waals surface area contributed by atoms with Crippen molar-refractivity contribution in [1.29, 1.82) is 0 Å². The van der Waals surface area contributed by atoms with E-state index in [-0.39, 0.29) is 0 Å². The van der Waals surface area contributed by atoms with Crippen molar-refractivity contribution in [3.05, 3.63) is 35.4 Å². The largest absolute Gasteiger partial charge is 0.383 e. The van der Waals surface area contributed by atoms with Crippen molar-refractivity contribution in [3.63, 3.8) is 0 Å². The Kier molecular flexibility index (Phi) is 5.96. The zero-order valence-corrected chi connectivity index (χ0v) is 9.43. The molecule has 0 fully saturated rings. The van der Waals surface area contributed by atoms with Crippen LogP contribution in [0.3, 0.4) is 0 Å². The molecule has 0 unspecified atom stereocenters. The highest BCUT2D eigenvalue weighted by atomic mass is 19.2. The maximum Gasteiger partial charge on any atom is 0.162 e. The molecule has 0 radical (unpaired) electrons. The predicted molar refractivity (Wildman–Crippen MR) is 59.4 cm³/mol. The third-order valence-electron chi connectivity index (χ3n) is 2.31. The lowest BCUT2D eigenvalue weighted by molar-refractivity contribution is 0.199. The van der Waals surface area contributed by atoms with E-state index < -0.39 is 11.6 Å². The van der Waals surface area contributed by atoms with Gasteiger partial charge in [-0.05, 0) is 31.0 Å². The number of halogens is 2. The molecule has 1 N–H and O–H groups in total. The van der Waals surface area contributed by atoms with Crippen LogP contribution in [0.4, 0.5) is 8.78 Å². The van der Waals surface area contributed by atoms with Gasteiger partial charge in [-0.2, -0.15) is 0 Å². The van der Waals surface area contributed by atoms with E-state index in [0.29, 0.717) is 18.6 Å². The van der Waals surface area contributed by atoms with Gasteiger partial charge in [-0.1, -0.05) is 12.1 Å². The van der Waals surface area contributed by atoms with Gasteiger partial charge in [-0.25, -0.2) is 8.78 Å². The summed E-state index contributed by atoms with van der Waals surface area (Å²) in [7, 11) is 1.64. The molecule has 2 nitrogen and oxygen atoms in total. The van der Waals surface area contributed by atoms with Crippen LogP contribution in [0.25, 0.3) is 0 Å². The van der Waals surface area contributed by atoms with Crippen molar-refractivity contribution in [2.24, 2.45) is 0 Å². The van der Waals surface area contributed by atoms with Gasteiger partial charge in [-0.3, -0.25) is 0 Å². The molecule has 1 aromatic rings. The third-order valence-corrected chi connectivity index (χ3v) is 2.31. The Labute approximate surface area is 94.6 Å². The summed E-state index contributed by atoms with van der Waals surface area (Å²) in [5.41, 5.74) is 0.438. The van der Waals surface area contributed by atoms with E-state index >= 15 is 0 Å². The number of hydrogen-bond acceptors (Lipinski definition) is 2. The average Bonchev–Trinajstić information content (AvgIpc) is 2.29. The van der Waals surface area contributed by atoms with Gasteiger partial charge < -0.3 is 10.1 Å². The van der Waals surface area contributed by atoms with Crippen LogP contribution in [-0.2, 0) is 11.2 Å². The smallest absolute Gasteiger partial charge is 0.162 e. The van der Waals surface area contributed by atoms with E-state index in [9.17, 15) is 8.78 Å². The lowest BCUT2D eigenvalue weighted by Gasteiger charge is -2.05. The molecule has 0 aliphatic heterocycles. The minimum Gasteiger partial charge on any atom is -0.383 e. The summed E-state index contributed by atoms with van der Waals surface area (Å²) in [6.45, 7) is 2.22. The van der Waals surface area contributed by atoms with Crippen LogP contribution >= 0.6 is 0 Å². The Morgan fingerprint density at radius 3 is 2.81 bits per heavy atom. The quantitative estimate of drug-likeness (QED) is 0.723. The molecule has 0 spiro atoms. The van der Waals surface area contributed by atoms with Gasteiger partial charge in [0.05, 0.1) is 6.61 Å². The van der Waals surface area contributed by atoms with E-state index in [2.05, 4.69) is 5.32 Å². The second kappa shape index (κ2) is 7.30. The molecule has 0 atom stereocenters. The first-order valence-electron chi connectivity index (χ1n) is 5.38. The van der Waals surface area contributed by atoms with Crippen LogP contribution in [0.15, 0.2) is 18.2 Å². The van der Waals surface area contributed by atoms with Crippen LogP contribution in [0.2, 0.25) is 0 Å². The molecule has 0 saturated carbocycles. The van der Waals surface area contributed by atoms with Crippen LogP contribution < -0.4 is 5.32 Å². The summed E-state index contributed by atoms with van der Waals surface area (Å²) >= 11 is 0. The standard InChI is InChI=1S/C12H17F2NO/c1-16-9-8-15-7-3-5-10-4-2-6-11(13)12(10)14/h2,4,6,15H,3,5,7-9H2,1H3. The van der Waals surface area contributed by atoms with Gasteiger partial charge in [0.2, 0.25) is 0 Å². The zero-order chi connectivity index (χ0) is 11.8. The normalized spacial score (nSPS) is 10.7. The fourth-order valence-electron chi connectivity index (χ4n) is 1.44. The van der Waals surface area contributed by atoms with E-state index in [1.54, 1.807) is 13.2 Å². The molecule has 1 aromatic carbocycles. The summed E-state index contributed by atoms with van der Waals surface area (Å²) in [4.78, 5) is 0. The molecule has 0 aromatic heterocycles. The summed E-state index contributed by atoms with van der Waals surface area (Å²) in [5, 5.41) is 3.15. The first-order valence-corrected chi connectivity index (χ1v) is 5.38. The summed E-state index contributed by atoms with van der Waals surface area (Å²) < 4.78 is 30.9. The van der Waals surface area contributed by atoms with Crippen LogP contribution in [0.1, 0.15) is 12.0 Å². The lowest BCUT2D eigenvalue weighted by Crippen LogP contribution is -2.20. The molecular formula is C12H17F2NO. The molecule has 0 saturated heterocycles. The topological polar surface area (TPSA) is 21.3 Å². The zero-order valence-electron chi connectivity index (χ0n) is 9.43. The molecule has 90 valence electrons. The van der Waals surface area contributed by atoms with Crippen molar-refractivity contribution < 1.29 is 13.5 Å². The minimum atomic E-state index is -0.773. The van der Waals surface area contributed by atoms with Gasteiger partial charge in [0.15, 0.2) is 11.6 Å². The average molecular weight is 229 g/mol. The van der Waals surface area contributed by atoms with E-state index in [0.717, 1.165) is 25.6 Å². The highest BCUT2D eigenvalue weighted by Crippen LogP contribution is 2.12. The molecule has 0 aliphatic carbocycles. The fraction of sp³-hybridized carbons (Fsp3) is 0.500. The van der Waals surface area contributed by atoms with Crippen LogP contribution in [-0.4, -0.2) is 26.8 Å². The second-order valence-electron chi connectivity index (χ2n) is 3.56. The van der Waals surface area contributed by atoms with E-state index in [1.807, 2.05) is 0 Å². The molecule has 16 heavy (non-hydrogen) atoms. The number of rotatable bonds is 7. The van der Waals surface area contributed by atoms with Gasteiger partial charge in [0, 0.05) is 13.7 Å². The summed E-state index contributed by atoms with van der Waals surface area (Å²) in [6.07, 6.45) is 1.33. The van der Waals surface area contributed by atoms with Crippen LogP contribution in [0, 0.1) is 11.6 Å². The molecular weight excluding hydrogens is 212 g/mol. The Morgan fingerprint density at radius 2 is 2.06 bits per heavy atom. The number of benzene rings is 1. The van der Waals surface area contributed by atoms with Crippen LogP contribution in [0.5, 0.6) is 0 Å². The Balaban J connectivity index is 2.24. The molecule has 0 bridgehead atoms. The van der Waals surface area contributed by atoms with Crippen molar-refractivity contribution in [1.82, 2.24) is 5.32 Å². The minimum absolute atomic E-state index is 0.438. The predicted octanol–water partition coefficient (Wildman–Crippen LogP) is 2.13. The molecule has 4 heteroatoms. The van der Waals surface area contributed by atoms with Crippen molar-refractivity contribution in [2.75, 3.05) is 26.8 Å². The highest BCUT2D eigenvalue weighted by Gasteiger charge is 2.06. The first-order chi connectivity index (χ1) is 7.75. The molecule has 0 amide bonds. The van der Waals surface area contributed by atoms with Gasteiger partial charge in [0.1, 0.15) is 0 Å². The third kappa shape index (κ3) is 4.24. The fourth-order valence-corrected chi connectivity index (χ4v) is 1.44. The van der Waals surface area contributed by atoms with Gasteiger partial charge in [-0.15, -0.1) is 0 Å². The van der Waals surface area contributed by atoms with E-state index in [4.69, 9.17) is 4.74 Å². The number of methoxy groups -OCH3 is 1. The summed E-state index contributed by atoms with van der Waals surface area (Å²) in [6, 6.07) is 4.29. The second-order valence-corrected chi connectivity index (χ2v) is 3.56. The number of nitrogens with one attached hydrogen (secondary N) is 1. The van der Waals surface area contributed by atoms with Gasteiger partial charge >= 0.3 is 0 Å². The Morgan fingerprint density at radius 1 is 1.25 bits per heavy atom. The first kappa shape index (κ1) is 13.1. The number of hydrogen-bond donors (Lipinski definition) is 1. The highest BCUT2D eigenvalue weighted by molar-refractivity contribution is 5.18. The van der Waals surface area contributed by atoms with Crippen molar-refractivity contribution >= 4 is 0 Å². The van der Waals surface area contributed by atoms with Crippen molar-refractivity contribution in [3.8, 4) is 0 Å². The molecule has 0 heterocycles. The van der Waals surface area contributed by atoms with E-state index in [1.165, 1.54) is 6.07 Å². The monoisotopic (exact) mass is 229 g/mol. The molecule has 1 rings (SSSR count). The Bertz CT molecular complexity index is 318. The number of ether oxygens (including phenoxy) is 1. The lowest BCUT2D eigenvalue weighted by atomic mass is 10.1. The maximum atomic E-state index is 13.2. The molecule has 0 aliphatic rings. The Hall–Kier alpha value is -1.00. The number of aryl methyl sites for hydroxylation is 1.